The van der Waals surface area contributed by atoms with E-state index in [1.807, 2.05) is 6.92 Å². The number of aryl methyl sites for hydroxylation is 2. The van der Waals surface area contributed by atoms with E-state index in [2.05, 4.69) is 4.72 Å². The summed E-state index contributed by atoms with van der Waals surface area (Å²) in [7, 11) is -2.03. The fraction of sp³-hybridized carbons (Fsp3) is 0.647. The maximum absolute atomic E-state index is 12.7. The van der Waals surface area contributed by atoms with Gasteiger partial charge < -0.3 is 9.84 Å². The van der Waals surface area contributed by atoms with Gasteiger partial charge >= 0.3 is 0 Å². The van der Waals surface area contributed by atoms with Crippen LogP contribution in [0.1, 0.15) is 43.2 Å². The molecule has 23 heavy (non-hydrogen) atoms. The summed E-state index contributed by atoms with van der Waals surface area (Å²) >= 11 is 0. The van der Waals surface area contributed by atoms with Gasteiger partial charge in [-0.1, -0.05) is 19.3 Å². The summed E-state index contributed by atoms with van der Waals surface area (Å²) in [6.45, 7) is 3.90. The third-order valence-corrected chi connectivity index (χ3v) is 6.41. The van der Waals surface area contributed by atoms with Crippen molar-refractivity contribution in [3.63, 3.8) is 0 Å². The molecular weight excluding hydrogens is 314 g/mol. The Morgan fingerprint density at radius 2 is 1.83 bits per heavy atom. The standard InChI is InChI=1S/C17H27NO4S/c1-13-10-16(14(2)9-15(13)22-3)23(20,21)18-11-17(12-19)7-5-4-6-8-17/h9-10,18-19H,4-8,11-12H2,1-3H3. The van der Waals surface area contributed by atoms with E-state index in [1.54, 1.807) is 26.2 Å². The predicted octanol–water partition coefficient (Wildman–Crippen LogP) is 2.53. The van der Waals surface area contributed by atoms with Crippen LogP contribution in [0.15, 0.2) is 17.0 Å². The molecule has 0 heterocycles. The van der Waals surface area contributed by atoms with E-state index < -0.39 is 10.0 Å². The third kappa shape index (κ3) is 4.05. The summed E-state index contributed by atoms with van der Waals surface area (Å²) in [6.07, 6.45) is 4.98. The lowest BCUT2D eigenvalue weighted by Crippen LogP contribution is -2.41. The molecule has 0 radical (unpaired) electrons. The van der Waals surface area contributed by atoms with Crippen LogP contribution in [-0.2, 0) is 10.0 Å². The minimum Gasteiger partial charge on any atom is -0.496 e. The number of sulfonamides is 1. The molecule has 2 N–H and O–H groups in total. The van der Waals surface area contributed by atoms with E-state index in [-0.39, 0.29) is 23.5 Å². The van der Waals surface area contributed by atoms with E-state index in [0.29, 0.717) is 11.3 Å². The van der Waals surface area contributed by atoms with Crippen molar-refractivity contribution in [2.24, 2.45) is 5.41 Å². The molecule has 130 valence electrons. The van der Waals surface area contributed by atoms with Gasteiger partial charge in [-0.15, -0.1) is 0 Å². The van der Waals surface area contributed by atoms with Crippen molar-refractivity contribution in [1.82, 2.24) is 4.72 Å². The highest BCUT2D eigenvalue weighted by Gasteiger charge is 2.33. The maximum atomic E-state index is 12.7. The minimum absolute atomic E-state index is 0.0240. The Labute approximate surface area is 139 Å². The minimum atomic E-state index is -3.60. The van der Waals surface area contributed by atoms with Crippen molar-refractivity contribution >= 4 is 10.0 Å². The van der Waals surface area contributed by atoms with Gasteiger partial charge in [0.25, 0.3) is 0 Å². The molecule has 2 rings (SSSR count). The summed E-state index contributed by atoms with van der Waals surface area (Å²) in [6, 6.07) is 3.38. The lowest BCUT2D eigenvalue weighted by atomic mass is 9.75. The molecule has 1 saturated carbocycles. The molecule has 1 fully saturated rings. The third-order valence-electron chi connectivity index (χ3n) is 4.87. The van der Waals surface area contributed by atoms with Gasteiger partial charge in [0, 0.05) is 18.6 Å². The monoisotopic (exact) mass is 341 g/mol. The Morgan fingerprint density at radius 3 is 2.39 bits per heavy atom. The van der Waals surface area contributed by atoms with Crippen LogP contribution in [-0.4, -0.2) is 33.8 Å². The first-order chi connectivity index (χ1) is 10.8. The lowest BCUT2D eigenvalue weighted by Gasteiger charge is -2.35. The van der Waals surface area contributed by atoms with Crippen LogP contribution in [0.4, 0.5) is 0 Å². The Morgan fingerprint density at radius 1 is 1.17 bits per heavy atom. The number of hydrogen-bond donors (Lipinski definition) is 2. The molecule has 0 atom stereocenters. The van der Waals surface area contributed by atoms with Crippen LogP contribution in [0.25, 0.3) is 0 Å². The fourth-order valence-corrected chi connectivity index (χ4v) is 4.76. The lowest BCUT2D eigenvalue weighted by molar-refractivity contribution is 0.0867. The van der Waals surface area contributed by atoms with Crippen LogP contribution >= 0.6 is 0 Å². The summed E-state index contributed by atoms with van der Waals surface area (Å²) in [5.74, 6) is 0.681. The number of methoxy groups -OCH3 is 1. The molecule has 1 aliphatic carbocycles. The number of aliphatic hydroxyl groups excluding tert-OH is 1. The average Bonchev–Trinajstić information content (AvgIpc) is 2.55. The largest absolute Gasteiger partial charge is 0.496 e. The van der Waals surface area contributed by atoms with E-state index in [1.165, 1.54) is 0 Å². The highest BCUT2D eigenvalue weighted by atomic mass is 32.2. The Bertz CT molecular complexity index is 649. The number of aliphatic hydroxyl groups is 1. The van der Waals surface area contributed by atoms with Gasteiger partial charge in [0.05, 0.1) is 12.0 Å². The highest BCUT2D eigenvalue weighted by Crippen LogP contribution is 2.35. The van der Waals surface area contributed by atoms with Crippen molar-refractivity contribution in [1.29, 1.82) is 0 Å². The molecule has 0 bridgehead atoms. The number of hydrogen-bond acceptors (Lipinski definition) is 4. The maximum Gasteiger partial charge on any atom is 0.240 e. The topological polar surface area (TPSA) is 75.6 Å². The first kappa shape index (κ1) is 18.2. The quantitative estimate of drug-likeness (QED) is 0.834. The Hall–Kier alpha value is -1.11. The molecule has 0 unspecified atom stereocenters. The molecule has 0 aliphatic heterocycles. The number of benzene rings is 1. The van der Waals surface area contributed by atoms with Crippen LogP contribution in [0.5, 0.6) is 5.75 Å². The van der Waals surface area contributed by atoms with Crippen molar-refractivity contribution in [3.05, 3.63) is 23.3 Å². The predicted molar refractivity (Wildman–Crippen MR) is 90.3 cm³/mol. The molecule has 0 saturated heterocycles. The Kier molecular flexibility index (Phi) is 5.70. The number of ether oxygens (including phenoxy) is 1. The van der Waals surface area contributed by atoms with Crippen molar-refractivity contribution in [3.8, 4) is 5.75 Å². The van der Waals surface area contributed by atoms with Gasteiger partial charge in [-0.2, -0.15) is 0 Å². The van der Waals surface area contributed by atoms with Crippen molar-refractivity contribution < 1.29 is 18.3 Å². The molecule has 0 aromatic heterocycles. The van der Waals surface area contributed by atoms with Gasteiger partial charge in [0.15, 0.2) is 0 Å². The average molecular weight is 341 g/mol. The van der Waals surface area contributed by atoms with Crippen LogP contribution in [0.2, 0.25) is 0 Å². The van der Waals surface area contributed by atoms with Gasteiger partial charge in [0.2, 0.25) is 10.0 Å². The highest BCUT2D eigenvalue weighted by molar-refractivity contribution is 7.89. The normalized spacial score (nSPS) is 17.9. The summed E-state index contributed by atoms with van der Waals surface area (Å²) < 4.78 is 33.3. The van der Waals surface area contributed by atoms with Crippen molar-refractivity contribution in [2.45, 2.75) is 50.8 Å². The fourth-order valence-electron chi connectivity index (χ4n) is 3.29. The smallest absolute Gasteiger partial charge is 0.240 e. The first-order valence-corrected chi connectivity index (χ1v) is 9.58. The van der Waals surface area contributed by atoms with Crippen LogP contribution in [0, 0.1) is 19.3 Å². The van der Waals surface area contributed by atoms with Gasteiger partial charge in [-0.25, -0.2) is 13.1 Å². The molecule has 5 nitrogen and oxygen atoms in total. The molecular formula is C17H27NO4S. The summed E-state index contributed by atoms with van der Waals surface area (Å²) in [4.78, 5) is 0.277. The van der Waals surface area contributed by atoms with E-state index in [0.717, 1.165) is 37.7 Å². The van der Waals surface area contributed by atoms with Crippen LogP contribution < -0.4 is 9.46 Å². The molecule has 0 amide bonds. The van der Waals surface area contributed by atoms with E-state index in [4.69, 9.17) is 4.74 Å². The SMILES string of the molecule is COc1cc(C)c(S(=O)(=O)NCC2(CO)CCCCC2)cc1C. The van der Waals surface area contributed by atoms with Crippen LogP contribution in [0.3, 0.4) is 0 Å². The second-order valence-corrected chi connectivity index (χ2v) is 8.37. The first-order valence-electron chi connectivity index (χ1n) is 8.09. The zero-order valence-electron chi connectivity index (χ0n) is 14.2. The van der Waals surface area contributed by atoms with Gasteiger partial charge in [-0.05, 0) is 49.9 Å². The van der Waals surface area contributed by atoms with Gasteiger partial charge in [0.1, 0.15) is 5.75 Å². The summed E-state index contributed by atoms with van der Waals surface area (Å²) in [5.41, 5.74) is 1.12. The molecule has 0 spiro atoms. The second kappa shape index (κ2) is 7.20. The molecule has 1 aromatic carbocycles. The van der Waals surface area contributed by atoms with Crippen molar-refractivity contribution in [2.75, 3.05) is 20.3 Å². The number of nitrogens with one attached hydrogen (secondary N) is 1. The Balaban J connectivity index is 2.20. The molecule has 1 aliphatic rings. The zero-order valence-corrected chi connectivity index (χ0v) is 15.0. The second-order valence-electron chi connectivity index (χ2n) is 6.63. The summed E-state index contributed by atoms with van der Waals surface area (Å²) in [5, 5.41) is 9.72. The molecule has 1 aromatic rings. The van der Waals surface area contributed by atoms with Gasteiger partial charge in [-0.3, -0.25) is 0 Å². The van der Waals surface area contributed by atoms with E-state index >= 15 is 0 Å². The number of rotatable bonds is 6. The van der Waals surface area contributed by atoms with E-state index in [9.17, 15) is 13.5 Å². The molecule has 6 heteroatoms. The zero-order chi connectivity index (χ0) is 17.1.